The van der Waals surface area contributed by atoms with E-state index >= 15 is 0 Å². The molecule has 0 amide bonds. The molecule has 0 atom stereocenters. The molecular weight excluding hydrogens is 190 g/mol. The van der Waals surface area contributed by atoms with Crippen LogP contribution in [0.3, 0.4) is 0 Å². The minimum atomic E-state index is 0.824. The summed E-state index contributed by atoms with van der Waals surface area (Å²) >= 11 is 0. The van der Waals surface area contributed by atoms with E-state index in [1.54, 1.807) is 13.3 Å². The Kier molecular flexibility index (Phi) is 2.58. The zero-order chi connectivity index (χ0) is 10.7. The molecule has 0 aliphatic rings. The van der Waals surface area contributed by atoms with Gasteiger partial charge < -0.3 is 10.1 Å². The summed E-state index contributed by atoms with van der Waals surface area (Å²) in [5.41, 5.74) is 0.976. The van der Waals surface area contributed by atoms with E-state index in [4.69, 9.17) is 4.74 Å². The summed E-state index contributed by atoms with van der Waals surface area (Å²) in [7, 11) is 3.52. The maximum Gasteiger partial charge on any atom is 0.129 e. The van der Waals surface area contributed by atoms with Crippen molar-refractivity contribution >= 4 is 5.82 Å². The molecule has 2 rings (SSSR count). The van der Waals surface area contributed by atoms with Gasteiger partial charge in [0.1, 0.15) is 11.6 Å². The van der Waals surface area contributed by atoms with Crippen LogP contribution in [-0.4, -0.2) is 23.9 Å². The number of rotatable bonds is 3. The molecule has 0 fully saturated rings. The highest BCUT2D eigenvalue weighted by molar-refractivity contribution is 5.46. The molecule has 0 bridgehead atoms. The Morgan fingerprint density at radius 1 is 1.33 bits per heavy atom. The van der Waals surface area contributed by atoms with Gasteiger partial charge in [0.2, 0.25) is 0 Å². The highest BCUT2D eigenvalue weighted by atomic mass is 16.5. The standard InChI is InChI=1S/C11H13N3O/c1-12-11-6-7-13-14(11)9-4-3-5-10(8-9)15-2/h3-8,12H,1-2H3. The van der Waals surface area contributed by atoms with Crippen molar-refractivity contribution in [1.82, 2.24) is 9.78 Å². The molecule has 78 valence electrons. The van der Waals surface area contributed by atoms with Crippen molar-refractivity contribution < 1.29 is 4.74 Å². The summed E-state index contributed by atoms with van der Waals surface area (Å²) in [6.45, 7) is 0. The summed E-state index contributed by atoms with van der Waals surface area (Å²) in [5, 5.41) is 7.30. The Labute approximate surface area is 88.5 Å². The van der Waals surface area contributed by atoms with Gasteiger partial charge in [0.15, 0.2) is 0 Å². The second-order valence-electron chi connectivity index (χ2n) is 3.08. The lowest BCUT2D eigenvalue weighted by Crippen LogP contribution is -2.02. The lowest BCUT2D eigenvalue weighted by atomic mass is 10.3. The maximum absolute atomic E-state index is 5.16. The molecule has 0 radical (unpaired) electrons. The van der Waals surface area contributed by atoms with Crippen molar-refractivity contribution in [1.29, 1.82) is 0 Å². The second kappa shape index (κ2) is 4.04. The van der Waals surface area contributed by atoms with E-state index in [9.17, 15) is 0 Å². The molecular formula is C11H13N3O. The topological polar surface area (TPSA) is 39.1 Å². The fourth-order valence-electron chi connectivity index (χ4n) is 1.44. The predicted octanol–water partition coefficient (Wildman–Crippen LogP) is 1.92. The van der Waals surface area contributed by atoms with Crippen LogP contribution in [0.4, 0.5) is 5.82 Å². The minimum Gasteiger partial charge on any atom is -0.497 e. The van der Waals surface area contributed by atoms with E-state index < -0.39 is 0 Å². The van der Waals surface area contributed by atoms with Crippen LogP contribution in [0.5, 0.6) is 5.75 Å². The first-order chi connectivity index (χ1) is 7.35. The average molecular weight is 203 g/mol. The summed E-state index contributed by atoms with van der Waals surface area (Å²) in [6, 6.07) is 9.69. The first kappa shape index (κ1) is 9.58. The second-order valence-corrected chi connectivity index (χ2v) is 3.08. The highest BCUT2D eigenvalue weighted by Gasteiger charge is 2.03. The number of anilines is 1. The van der Waals surface area contributed by atoms with Crippen LogP contribution in [0, 0.1) is 0 Å². The molecule has 0 saturated carbocycles. The number of nitrogens with zero attached hydrogens (tertiary/aromatic N) is 2. The predicted molar refractivity (Wildman–Crippen MR) is 59.7 cm³/mol. The van der Waals surface area contributed by atoms with Crippen LogP contribution >= 0.6 is 0 Å². The maximum atomic E-state index is 5.16. The smallest absolute Gasteiger partial charge is 0.129 e. The third-order valence-corrected chi connectivity index (χ3v) is 2.20. The van der Waals surface area contributed by atoms with Crippen LogP contribution in [0.2, 0.25) is 0 Å². The van der Waals surface area contributed by atoms with Gasteiger partial charge in [0.25, 0.3) is 0 Å². The zero-order valence-electron chi connectivity index (χ0n) is 8.77. The lowest BCUT2D eigenvalue weighted by Gasteiger charge is -2.07. The van der Waals surface area contributed by atoms with E-state index in [-0.39, 0.29) is 0 Å². The van der Waals surface area contributed by atoms with Gasteiger partial charge in [-0.05, 0) is 12.1 Å². The van der Waals surface area contributed by atoms with Crippen LogP contribution in [0.1, 0.15) is 0 Å². The monoisotopic (exact) mass is 203 g/mol. The van der Waals surface area contributed by atoms with Gasteiger partial charge in [0.05, 0.1) is 19.0 Å². The first-order valence-electron chi connectivity index (χ1n) is 4.71. The molecule has 0 aliphatic carbocycles. The Balaban J connectivity index is 2.44. The van der Waals surface area contributed by atoms with Crippen molar-refractivity contribution in [2.24, 2.45) is 0 Å². The number of benzene rings is 1. The Bertz CT molecular complexity index is 451. The molecule has 4 heteroatoms. The van der Waals surface area contributed by atoms with E-state index in [1.807, 2.05) is 42.1 Å². The third-order valence-electron chi connectivity index (χ3n) is 2.20. The van der Waals surface area contributed by atoms with Gasteiger partial charge in [0, 0.05) is 19.2 Å². The largest absolute Gasteiger partial charge is 0.497 e. The average Bonchev–Trinajstić information content (AvgIpc) is 2.77. The van der Waals surface area contributed by atoms with Gasteiger partial charge in [-0.25, -0.2) is 4.68 Å². The molecule has 0 unspecified atom stereocenters. The zero-order valence-corrected chi connectivity index (χ0v) is 8.77. The summed E-state index contributed by atoms with van der Waals surface area (Å²) in [4.78, 5) is 0. The van der Waals surface area contributed by atoms with Gasteiger partial charge in [-0.3, -0.25) is 0 Å². The molecule has 0 aliphatic heterocycles. The minimum absolute atomic E-state index is 0.824. The molecule has 1 aromatic carbocycles. The van der Waals surface area contributed by atoms with Gasteiger partial charge in [-0.15, -0.1) is 0 Å². The quantitative estimate of drug-likeness (QED) is 0.828. The van der Waals surface area contributed by atoms with Crippen LogP contribution < -0.4 is 10.1 Å². The Hall–Kier alpha value is -1.97. The summed E-state index contributed by atoms with van der Waals surface area (Å²) in [6.07, 6.45) is 1.76. The molecule has 2 aromatic rings. The molecule has 1 heterocycles. The SMILES string of the molecule is CNc1ccnn1-c1cccc(OC)c1. The third kappa shape index (κ3) is 1.79. The lowest BCUT2D eigenvalue weighted by molar-refractivity contribution is 0.414. The summed E-state index contributed by atoms with van der Waals surface area (Å²) in [5.74, 6) is 1.77. The fourth-order valence-corrected chi connectivity index (χ4v) is 1.44. The molecule has 0 spiro atoms. The van der Waals surface area contributed by atoms with Crippen LogP contribution in [0.15, 0.2) is 36.5 Å². The molecule has 15 heavy (non-hydrogen) atoms. The number of hydrogen-bond acceptors (Lipinski definition) is 3. The number of hydrogen-bond donors (Lipinski definition) is 1. The summed E-state index contributed by atoms with van der Waals surface area (Å²) < 4.78 is 6.99. The Morgan fingerprint density at radius 2 is 2.20 bits per heavy atom. The number of methoxy groups -OCH3 is 1. The van der Waals surface area contributed by atoms with Crippen molar-refractivity contribution in [3.8, 4) is 11.4 Å². The first-order valence-corrected chi connectivity index (χ1v) is 4.71. The van der Waals surface area contributed by atoms with Crippen molar-refractivity contribution in [3.05, 3.63) is 36.5 Å². The molecule has 0 saturated heterocycles. The number of ether oxygens (including phenoxy) is 1. The Morgan fingerprint density at radius 3 is 2.93 bits per heavy atom. The number of aromatic nitrogens is 2. The van der Waals surface area contributed by atoms with E-state index in [0.29, 0.717) is 0 Å². The number of nitrogens with one attached hydrogen (secondary N) is 1. The highest BCUT2D eigenvalue weighted by Crippen LogP contribution is 2.19. The van der Waals surface area contributed by atoms with Gasteiger partial charge >= 0.3 is 0 Å². The van der Waals surface area contributed by atoms with Crippen molar-refractivity contribution in [2.75, 3.05) is 19.5 Å². The molecule has 1 N–H and O–H groups in total. The fraction of sp³-hybridized carbons (Fsp3) is 0.182. The van der Waals surface area contributed by atoms with Crippen LogP contribution in [0.25, 0.3) is 5.69 Å². The van der Waals surface area contributed by atoms with E-state index in [1.165, 1.54) is 0 Å². The molecule has 1 aromatic heterocycles. The van der Waals surface area contributed by atoms with Crippen molar-refractivity contribution in [2.45, 2.75) is 0 Å². The van der Waals surface area contributed by atoms with Gasteiger partial charge in [-0.1, -0.05) is 6.07 Å². The van der Waals surface area contributed by atoms with E-state index in [0.717, 1.165) is 17.3 Å². The van der Waals surface area contributed by atoms with Gasteiger partial charge in [-0.2, -0.15) is 5.10 Å². The normalized spacial score (nSPS) is 10.0. The van der Waals surface area contributed by atoms with Crippen LogP contribution in [-0.2, 0) is 0 Å². The van der Waals surface area contributed by atoms with Crippen molar-refractivity contribution in [3.63, 3.8) is 0 Å². The molecule has 4 nitrogen and oxygen atoms in total. The van der Waals surface area contributed by atoms with E-state index in [2.05, 4.69) is 10.4 Å².